The van der Waals surface area contributed by atoms with Gasteiger partial charge < -0.3 is 4.74 Å². The van der Waals surface area contributed by atoms with Crippen molar-refractivity contribution in [3.63, 3.8) is 0 Å². The normalized spacial score (nSPS) is 11.8. The lowest BCUT2D eigenvalue weighted by molar-refractivity contribution is -0.137. The highest BCUT2D eigenvalue weighted by molar-refractivity contribution is 6.32. The Balaban J connectivity index is 2.62. The molecule has 0 N–H and O–H groups in total. The maximum atomic E-state index is 12.5. The molecule has 0 amide bonds. The standard InChI is InChI=1S/C10H6ClF3N2O2/c1-18-9(17)7-8(11)16-3-2-5(10(12,13)14)4-6(16)15-7/h2-4H,1H3. The van der Waals surface area contributed by atoms with Gasteiger partial charge in [0.25, 0.3) is 0 Å². The van der Waals surface area contributed by atoms with Crippen molar-refractivity contribution >= 4 is 23.2 Å². The van der Waals surface area contributed by atoms with E-state index in [0.717, 1.165) is 25.4 Å². The quantitative estimate of drug-likeness (QED) is 0.754. The molecule has 2 heterocycles. The zero-order chi connectivity index (χ0) is 13.5. The molecule has 0 saturated carbocycles. The van der Waals surface area contributed by atoms with Gasteiger partial charge >= 0.3 is 12.1 Å². The van der Waals surface area contributed by atoms with Gasteiger partial charge in [0.2, 0.25) is 0 Å². The van der Waals surface area contributed by atoms with Gasteiger partial charge in [0, 0.05) is 6.20 Å². The first-order chi connectivity index (χ1) is 8.34. The van der Waals surface area contributed by atoms with Gasteiger partial charge in [-0.3, -0.25) is 4.40 Å². The van der Waals surface area contributed by atoms with Crippen LogP contribution in [0.1, 0.15) is 16.1 Å². The topological polar surface area (TPSA) is 43.6 Å². The van der Waals surface area contributed by atoms with Gasteiger partial charge in [0.05, 0.1) is 12.7 Å². The molecule has 0 aromatic carbocycles. The van der Waals surface area contributed by atoms with Crippen molar-refractivity contribution in [1.82, 2.24) is 9.38 Å². The van der Waals surface area contributed by atoms with Crippen molar-refractivity contribution in [3.8, 4) is 0 Å². The molecule has 0 spiro atoms. The molecule has 8 heteroatoms. The lowest BCUT2D eigenvalue weighted by atomic mass is 10.2. The fourth-order valence-corrected chi connectivity index (χ4v) is 1.68. The second-order valence-electron chi connectivity index (χ2n) is 3.38. The maximum Gasteiger partial charge on any atom is 0.416 e. The minimum Gasteiger partial charge on any atom is -0.464 e. The molecule has 4 nitrogen and oxygen atoms in total. The molecule has 2 aromatic heterocycles. The number of methoxy groups -OCH3 is 1. The zero-order valence-corrected chi connectivity index (χ0v) is 9.71. The van der Waals surface area contributed by atoms with Gasteiger partial charge in [-0.25, -0.2) is 9.78 Å². The number of alkyl halides is 3. The molecule has 0 bridgehead atoms. The first-order valence-corrected chi connectivity index (χ1v) is 5.05. The molecule has 0 aliphatic carbocycles. The fourth-order valence-electron chi connectivity index (χ4n) is 1.42. The summed E-state index contributed by atoms with van der Waals surface area (Å²) < 4.78 is 43.1. The van der Waals surface area contributed by atoms with E-state index < -0.39 is 17.7 Å². The molecule has 0 saturated heterocycles. The van der Waals surface area contributed by atoms with Crippen molar-refractivity contribution in [2.45, 2.75) is 6.18 Å². The van der Waals surface area contributed by atoms with Crippen LogP contribution in [0.2, 0.25) is 5.15 Å². The van der Waals surface area contributed by atoms with Crippen molar-refractivity contribution in [1.29, 1.82) is 0 Å². The highest BCUT2D eigenvalue weighted by Crippen LogP contribution is 2.30. The Labute approximate surface area is 104 Å². The van der Waals surface area contributed by atoms with E-state index in [1.54, 1.807) is 0 Å². The monoisotopic (exact) mass is 278 g/mol. The number of hydrogen-bond acceptors (Lipinski definition) is 3. The molecule has 96 valence electrons. The van der Waals surface area contributed by atoms with Crippen LogP contribution in [0, 0.1) is 0 Å². The molecule has 0 aliphatic rings. The Hall–Kier alpha value is -1.76. The number of aromatic nitrogens is 2. The molecule has 0 aliphatic heterocycles. The number of imidazole rings is 1. The second-order valence-corrected chi connectivity index (χ2v) is 3.74. The number of hydrogen-bond donors (Lipinski definition) is 0. The van der Waals surface area contributed by atoms with Crippen molar-refractivity contribution in [2.75, 3.05) is 7.11 Å². The second kappa shape index (κ2) is 4.16. The number of carbonyl (C=O) groups is 1. The third-order valence-corrected chi connectivity index (χ3v) is 2.64. The van der Waals surface area contributed by atoms with Gasteiger partial charge in [-0.1, -0.05) is 11.6 Å². The molecule has 0 radical (unpaired) electrons. The van der Waals surface area contributed by atoms with Crippen LogP contribution < -0.4 is 0 Å². The summed E-state index contributed by atoms with van der Waals surface area (Å²) in [6.45, 7) is 0. The van der Waals surface area contributed by atoms with Gasteiger partial charge in [0.1, 0.15) is 10.8 Å². The van der Waals surface area contributed by atoms with E-state index in [-0.39, 0.29) is 16.5 Å². The Morgan fingerprint density at radius 2 is 2.17 bits per heavy atom. The predicted octanol–water partition coefficient (Wildman–Crippen LogP) is 2.79. The van der Waals surface area contributed by atoms with Crippen LogP contribution in [0.25, 0.3) is 5.65 Å². The molecule has 18 heavy (non-hydrogen) atoms. The number of fused-ring (bicyclic) bond motifs is 1. The Morgan fingerprint density at radius 1 is 1.50 bits per heavy atom. The highest BCUT2D eigenvalue weighted by atomic mass is 35.5. The van der Waals surface area contributed by atoms with Crippen LogP contribution >= 0.6 is 11.6 Å². The van der Waals surface area contributed by atoms with Crippen LogP contribution in [0.4, 0.5) is 13.2 Å². The molecule has 0 unspecified atom stereocenters. The summed E-state index contributed by atoms with van der Waals surface area (Å²) in [7, 11) is 1.13. The first-order valence-electron chi connectivity index (χ1n) is 4.67. The lowest BCUT2D eigenvalue weighted by Gasteiger charge is -2.06. The number of carbonyl (C=O) groups excluding carboxylic acids is 1. The number of nitrogens with zero attached hydrogens (tertiary/aromatic N) is 2. The van der Waals surface area contributed by atoms with Crippen LogP contribution in [-0.2, 0) is 10.9 Å². The van der Waals surface area contributed by atoms with E-state index in [2.05, 4.69) is 9.72 Å². The summed E-state index contributed by atoms with van der Waals surface area (Å²) in [4.78, 5) is 15.0. The maximum absolute atomic E-state index is 12.5. The minimum atomic E-state index is -4.48. The van der Waals surface area contributed by atoms with Crippen molar-refractivity contribution in [3.05, 3.63) is 34.7 Å². The fraction of sp³-hybridized carbons (Fsp3) is 0.200. The van der Waals surface area contributed by atoms with Gasteiger partial charge in [-0.05, 0) is 12.1 Å². The van der Waals surface area contributed by atoms with E-state index in [9.17, 15) is 18.0 Å². The Kier molecular flexibility index (Phi) is 2.94. The lowest BCUT2D eigenvalue weighted by Crippen LogP contribution is -2.05. The zero-order valence-electron chi connectivity index (χ0n) is 8.95. The SMILES string of the molecule is COC(=O)c1nc2cc(C(F)(F)F)ccn2c1Cl. The predicted molar refractivity (Wildman–Crippen MR) is 56.5 cm³/mol. The van der Waals surface area contributed by atoms with E-state index >= 15 is 0 Å². The number of rotatable bonds is 1. The summed E-state index contributed by atoms with van der Waals surface area (Å²) >= 11 is 5.82. The third-order valence-electron chi connectivity index (χ3n) is 2.27. The van der Waals surface area contributed by atoms with Crippen LogP contribution in [0.5, 0.6) is 0 Å². The average molecular weight is 279 g/mol. The van der Waals surface area contributed by atoms with E-state index in [4.69, 9.17) is 11.6 Å². The smallest absolute Gasteiger partial charge is 0.416 e. The highest BCUT2D eigenvalue weighted by Gasteiger charge is 2.31. The van der Waals surface area contributed by atoms with E-state index in [0.29, 0.717) is 0 Å². The number of esters is 1. The largest absolute Gasteiger partial charge is 0.464 e. The molecule has 0 atom stereocenters. The van der Waals surface area contributed by atoms with Crippen molar-refractivity contribution < 1.29 is 22.7 Å². The van der Waals surface area contributed by atoms with Gasteiger partial charge in [0.15, 0.2) is 5.69 Å². The van der Waals surface area contributed by atoms with Crippen LogP contribution in [-0.4, -0.2) is 22.5 Å². The number of pyridine rings is 1. The number of ether oxygens (including phenoxy) is 1. The third kappa shape index (κ3) is 2.01. The molecular formula is C10H6ClF3N2O2. The summed E-state index contributed by atoms with van der Waals surface area (Å²) in [5.74, 6) is -0.808. The molecular weight excluding hydrogens is 273 g/mol. The Bertz CT molecular complexity index is 621. The summed E-state index contributed by atoms with van der Waals surface area (Å²) in [6, 6.07) is 1.65. The minimum absolute atomic E-state index is 0.0739. The first kappa shape index (κ1) is 12.7. The van der Waals surface area contributed by atoms with Gasteiger partial charge in [-0.15, -0.1) is 0 Å². The van der Waals surface area contributed by atoms with E-state index in [1.807, 2.05) is 0 Å². The van der Waals surface area contributed by atoms with E-state index in [1.165, 1.54) is 4.40 Å². The molecule has 2 rings (SSSR count). The average Bonchev–Trinajstić information content (AvgIpc) is 2.64. The van der Waals surface area contributed by atoms with Crippen LogP contribution in [0.3, 0.4) is 0 Å². The molecule has 2 aromatic rings. The summed E-state index contributed by atoms with van der Waals surface area (Å²) in [5.41, 5.74) is -1.17. The summed E-state index contributed by atoms with van der Waals surface area (Å²) in [5, 5.41) is -0.0921. The molecule has 0 fully saturated rings. The number of halogens is 4. The Morgan fingerprint density at radius 3 is 2.72 bits per heavy atom. The van der Waals surface area contributed by atoms with Crippen LogP contribution in [0.15, 0.2) is 18.3 Å². The van der Waals surface area contributed by atoms with Gasteiger partial charge in [-0.2, -0.15) is 13.2 Å². The van der Waals surface area contributed by atoms with Crippen molar-refractivity contribution in [2.24, 2.45) is 0 Å². The summed E-state index contributed by atoms with van der Waals surface area (Å²) in [6.07, 6.45) is -3.38.